The fourth-order valence-electron chi connectivity index (χ4n) is 0.879. The molecule has 0 saturated heterocycles. The molecule has 2 atom stereocenters. The second-order valence-corrected chi connectivity index (χ2v) is 3.64. The van der Waals surface area contributed by atoms with Crippen molar-refractivity contribution in [2.75, 3.05) is 0 Å². The van der Waals surface area contributed by atoms with Gasteiger partial charge in [-0.05, 0) is 20.8 Å². The van der Waals surface area contributed by atoms with Crippen LogP contribution in [0.4, 0.5) is 8.78 Å². The zero-order chi connectivity index (χ0) is 12.2. The van der Waals surface area contributed by atoms with Crippen LogP contribution in [-0.2, 0) is 9.53 Å². The van der Waals surface area contributed by atoms with E-state index in [9.17, 15) is 13.6 Å². The van der Waals surface area contributed by atoms with Crippen molar-refractivity contribution in [3.8, 4) is 0 Å². The van der Waals surface area contributed by atoms with Crippen molar-refractivity contribution in [3.63, 3.8) is 0 Å². The van der Waals surface area contributed by atoms with Crippen molar-refractivity contribution in [2.45, 2.75) is 45.3 Å². The van der Waals surface area contributed by atoms with Gasteiger partial charge in [0.2, 0.25) is 0 Å². The number of alkyl halides is 2. The minimum atomic E-state index is -3.26. The highest BCUT2D eigenvalue weighted by Crippen LogP contribution is 2.25. The smallest absolute Gasteiger partial charge is 0.333 e. The van der Waals surface area contributed by atoms with Crippen molar-refractivity contribution in [2.24, 2.45) is 0 Å². The molecule has 0 aliphatic heterocycles. The van der Waals surface area contributed by atoms with Crippen molar-refractivity contribution >= 4 is 5.97 Å². The molecule has 0 amide bonds. The van der Waals surface area contributed by atoms with Crippen LogP contribution in [0.3, 0.4) is 0 Å². The molecule has 5 heteroatoms. The van der Waals surface area contributed by atoms with Gasteiger partial charge >= 0.3 is 5.97 Å². The molecular weight excluding hydrogens is 206 g/mol. The third kappa shape index (κ3) is 4.88. The summed E-state index contributed by atoms with van der Waals surface area (Å²) in [5, 5.41) is 8.76. The Morgan fingerprint density at radius 2 is 2.00 bits per heavy atom. The van der Waals surface area contributed by atoms with Crippen LogP contribution in [0.15, 0.2) is 12.2 Å². The molecule has 0 aliphatic carbocycles. The Morgan fingerprint density at radius 1 is 1.53 bits per heavy atom. The lowest BCUT2D eigenvalue weighted by Crippen LogP contribution is -2.35. The predicted molar refractivity (Wildman–Crippen MR) is 51.6 cm³/mol. The van der Waals surface area contributed by atoms with E-state index in [0.717, 1.165) is 6.92 Å². The number of rotatable bonds is 5. The maximum absolute atomic E-state index is 13.0. The van der Waals surface area contributed by atoms with E-state index in [2.05, 4.69) is 11.3 Å². The van der Waals surface area contributed by atoms with E-state index in [0.29, 0.717) is 0 Å². The van der Waals surface area contributed by atoms with Crippen LogP contribution in [-0.4, -0.2) is 29.2 Å². The first-order chi connectivity index (χ1) is 6.66. The lowest BCUT2D eigenvalue weighted by molar-refractivity contribution is -0.155. The lowest BCUT2D eigenvalue weighted by atomic mass is 10.1. The lowest BCUT2D eigenvalue weighted by Gasteiger charge is -2.23. The van der Waals surface area contributed by atoms with E-state index < -0.39 is 30.5 Å². The van der Waals surface area contributed by atoms with E-state index in [1.165, 1.54) is 13.8 Å². The maximum Gasteiger partial charge on any atom is 0.333 e. The summed E-state index contributed by atoms with van der Waals surface area (Å²) in [6.45, 7) is 7.10. The van der Waals surface area contributed by atoms with Crippen LogP contribution in [0.2, 0.25) is 0 Å². The Morgan fingerprint density at radius 3 is 2.33 bits per heavy atom. The van der Waals surface area contributed by atoms with Crippen LogP contribution in [0.5, 0.6) is 0 Å². The summed E-state index contributed by atoms with van der Waals surface area (Å²) in [6, 6.07) is 0. The number of hydrogen-bond donors (Lipinski definition) is 1. The van der Waals surface area contributed by atoms with Gasteiger partial charge in [0.15, 0.2) is 0 Å². The second-order valence-electron chi connectivity index (χ2n) is 3.64. The normalized spacial score (nSPS) is 15.6. The van der Waals surface area contributed by atoms with Gasteiger partial charge in [0, 0.05) is 5.57 Å². The summed E-state index contributed by atoms with van der Waals surface area (Å²) in [6.07, 6.45) is -3.42. The largest absolute Gasteiger partial charge is 0.459 e. The molecule has 0 heterocycles. The molecule has 0 bridgehead atoms. The molecule has 0 aromatic rings. The van der Waals surface area contributed by atoms with Crippen LogP contribution in [0.25, 0.3) is 0 Å². The summed E-state index contributed by atoms with van der Waals surface area (Å²) in [5.74, 6) is -3.96. The van der Waals surface area contributed by atoms with Gasteiger partial charge in [0.05, 0.1) is 6.42 Å². The van der Waals surface area contributed by atoms with Gasteiger partial charge in [0.1, 0.15) is 12.2 Å². The van der Waals surface area contributed by atoms with Gasteiger partial charge in [-0.15, -0.1) is 0 Å². The number of carbonyl (C=O) groups is 1. The van der Waals surface area contributed by atoms with Crippen LogP contribution in [0, 0.1) is 0 Å². The van der Waals surface area contributed by atoms with Crippen molar-refractivity contribution in [3.05, 3.63) is 12.2 Å². The molecule has 0 radical (unpaired) electrons. The van der Waals surface area contributed by atoms with Crippen molar-refractivity contribution in [1.82, 2.24) is 0 Å². The molecular formula is C10H16F2O3. The average molecular weight is 222 g/mol. The Labute approximate surface area is 87.7 Å². The summed E-state index contributed by atoms with van der Waals surface area (Å²) >= 11 is 0. The minimum absolute atomic E-state index is 0.155. The highest BCUT2D eigenvalue weighted by molar-refractivity contribution is 5.87. The third-order valence-corrected chi connectivity index (χ3v) is 1.83. The first-order valence-corrected chi connectivity index (χ1v) is 4.59. The Kier molecular flexibility index (Phi) is 4.87. The molecule has 0 saturated carbocycles. The molecule has 3 nitrogen and oxygen atoms in total. The summed E-state index contributed by atoms with van der Waals surface area (Å²) in [7, 11) is 0. The third-order valence-electron chi connectivity index (χ3n) is 1.83. The van der Waals surface area contributed by atoms with E-state index >= 15 is 0 Å². The number of hydrogen-bond acceptors (Lipinski definition) is 3. The average Bonchev–Trinajstić information content (AvgIpc) is 2.01. The zero-order valence-corrected chi connectivity index (χ0v) is 9.09. The summed E-state index contributed by atoms with van der Waals surface area (Å²) in [5.41, 5.74) is 0.155. The van der Waals surface area contributed by atoms with Gasteiger partial charge in [0.25, 0.3) is 5.92 Å². The van der Waals surface area contributed by atoms with E-state index in [4.69, 9.17) is 5.11 Å². The monoisotopic (exact) mass is 222 g/mol. The number of esters is 1. The molecule has 1 N–H and O–H groups in total. The van der Waals surface area contributed by atoms with Crippen molar-refractivity contribution in [1.29, 1.82) is 0 Å². The highest BCUT2D eigenvalue weighted by atomic mass is 19.3. The number of carbonyl (C=O) groups excluding carboxylic acids is 1. The number of ether oxygens (including phenoxy) is 1. The minimum Gasteiger partial charge on any atom is -0.459 e. The van der Waals surface area contributed by atoms with Crippen LogP contribution >= 0.6 is 0 Å². The fourth-order valence-corrected chi connectivity index (χ4v) is 0.879. The van der Waals surface area contributed by atoms with E-state index in [1.54, 1.807) is 0 Å². The van der Waals surface area contributed by atoms with Gasteiger partial charge in [-0.1, -0.05) is 6.58 Å². The first-order valence-electron chi connectivity index (χ1n) is 4.59. The van der Waals surface area contributed by atoms with Crippen LogP contribution in [0.1, 0.15) is 27.2 Å². The van der Waals surface area contributed by atoms with Gasteiger partial charge in [-0.25, -0.2) is 13.6 Å². The Bertz CT molecular complexity index is 249. The summed E-state index contributed by atoms with van der Waals surface area (Å²) < 4.78 is 30.6. The van der Waals surface area contributed by atoms with Crippen molar-refractivity contribution < 1.29 is 23.4 Å². The molecule has 0 rings (SSSR count). The van der Waals surface area contributed by atoms with Gasteiger partial charge < -0.3 is 9.84 Å². The van der Waals surface area contributed by atoms with Gasteiger partial charge in [-0.3, -0.25) is 0 Å². The standard InChI is InChI=1S/C10H16F2O3/c1-6(2)9(14)15-7(3)5-10(11,12)8(4)13/h7-8,13H,1,5H2,2-4H3. The topological polar surface area (TPSA) is 46.5 Å². The predicted octanol–water partition coefficient (Wildman–Crippen LogP) is 1.90. The molecule has 0 spiro atoms. The molecule has 88 valence electrons. The first kappa shape index (κ1) is 14.0. The SMILES string of the molecule is C=C(C)C(=O)OC(C)CC(F)(F)C(C)O. The second kappa shape index (κ2) is 5.21. The Balaban J connectivity index is 4.20. The molecule has 0 fully saturated rings. The van der Waals surface area contributed by atoms with E-state index in [1.807, 2.05) is 0 Å². The zero-order valence-electron chi connectivity index (χ0n) is 9.09. The summed E-state index contributed by atoms with van der Waals surface area (Å²) in [4.78, 5) is 11.0. The van der Waals surface area contributed by atoms with Gasteiger partial charge in [-0.2, -0.15) is 0 Å². The number of aliphatic hydroxyl groups excluding tert-OH is 1. The quantitative estimate of drug-likeness (QED) is 0.571. The molecule has 2 unspecified atom stereocenters. The Hall–Kier alpha value is -0.970. The number of aliphatic hydroxyl groups is 1. The van der Waals surface area contributed by atoms with E-state index in [-0.39, 0.29) is 5.57 Å². The molecule has 15 heavy (non-hydrogen) atoms. The molecule has 0 aromatic carbocycles. The van der Waals surface area contributed by atoms with Crippen LogP contribution < -0.4 is 0 Å². The fraction of sp³-hybridized carbons (Fsp3) is 0.700. The highest BCUT2D eigenvalue weighted by Gasteiger charge is 2.37. The number of halogens is 2. The maximum atomic E-state index is 13.0. The molecule has 0 aliphatic rings. The molecule has 0 aromatic heterocycles.